The Morgan fingerprint density at radius 3 is 3.00 bits per heavy atom. The average molecular weight is 338 g/mol. The Morgan fingerprint density at radius 1 is 1.35 bits per heavy atom. The van der Waals surface area contributed by atoms with Crippen molar-refractivity contribution < 1.29 is 4.79 Å². The smallest absolute Gasteiger partial charge is 0.238 e. The molecule has 2 aliphatic rings. The fourth-order valence-corrected chi connectivity index (χ4v) is 3.59. The summed E-state index contributed by atoms with van der Waals surface area (Å²) in [5.41, 5.74) is 0.843. The predicted octanol–water partition coefficient (Wildman–Crippen LogP) is 1.93. The first kappa shape index (κ1) is 14.0. The Labute approximate surface area is 128 Å². The lowest BCUT2D eigenvalue weighted by atomic mass is 9.89. The number of carbonyl (C=O) groups is 1. The van der Waals surface area contributed by atoms with E-state index in [9.17, 15) is 4.79 Å². The molecule has 1 aromatic carbocycles. The highest BCUT2D eigenvalue weighted by Gasteiger charge is 2.33. The van der Waals surface area contributed by atoms with Gasteiger partial charge in [-0.1, -0.05) is 12.1 Å². The van der Waals surface area contributed by atoms with Crippen LogP contribution in [0.1, 0.15) is 6.42 Å². The second-order valence-corrected chi connectivity index (χ2v) is 6.58. The van der Waals surface area contributed by atoms with Gasteiger partial charge < -0.3 is 10.6 Å². The number of rotatable bonds is 3. The Balaban J connectivity index is 1.53. The molecule has 0 spiro atoms. The molecular formula is C15H20BrN3O. The van der Waals surface area contributed by atoms with Gasteiger partial charge in [0.05, 0.1) is 12.2 Å². The van der Waals surface area contributed by atoms with Crippen LogP contribution in [0.5, 0.6) is 0 Å². The number of benzene rings is 1. The van der Waals surface area contributed by atoms with Crippen molar-refractivity contribution in [3.05, 3.63) is 28.7 Å². The SMILES string of the molecule is O=C(CN1CCC2CNCC2C1)Nc1ccccc1Br. The van der Waals surface area contributed by atoms with Gasteiger partial charge in [0, 0.05) is 11.0 Å². The Bertz CT molecular complexity index is 494. The molecule has 0 saturated carbocycles. The van der Waals surface area contributed by atoms with Crippen molar-refractivity contribution in [1.29, 1.82) is 0 Å². The Morgan fingerprint density at radius 2 is 2.15 bits per heavy atom. The van der Waals surface area contributed by atoms with Crippen molar-refractivity contribution >= 4 is 27.5 Å². The zero-order valence-electron chi connectivity index (χ0n) is 11.4. The van der Waals surface area contributed by atoms with Gasteiger partial charge in [-0.15, -0.1) is 0 Å². The fourth-order valence-electron chi connectivity index (χ4n) is 3.21. The minimum atomic E-state index is 0.0707. The van der Waals surface area contributed by atoms with E-state index in [0.717, 1.165) is 48.2 Å². The van der Waals surface area contributed by atoms with E-state index in [-0.39, 0.29) is 5.91 Å². The largest absolute Gasteiger partial charge is 0.324 e. The molecule has 2 unspecified atom stereocenters. The third kappa shape index (κ3) is 3.22. The summed E-state index contributed by atoms with van der Waals surface area (Å²) >= 11 is 3.45. The zero-order chi connectivity index (χ0) is 13.9. The molecule has 1 aromatic rings. The van der Waals surface area contributed by atoms with E-state index in [1.54, 1.807) is 0 Å². The number of carbonyl (C=O) groups excluding carboxylic acids is 1. The number of piperidine rings is 1. The van der Waals surface area contributed by atoms with Crippen molar-refractivity contribution in [1.82, 2.24) is 10.2 Å². The van der Waals surface area contributed by atoms with Crippen molar-refractivity contribution in [2.75, 3.05) is 38.0 Å². The van der Waals surface area contributed by atoms with E-state index in [2.05, 4.69) is 31.5 Å². The second kappa shape index (κ2) is 6.24. The van der Waals surface area contributed by atoms with Gasteiger partial charge in [-0.2, -0.15) is 0 Å². The number of hydrogen-bond donors (Lipinski definition) is 2. The molecule has 2 N–H and O–H groups in total. The van der Waals surface area contributed by atoms with Gasteiger partial charge in [-0.3, -0.25) is 9.69 Å². The van der Waals surface area contributed by atoms with E-state index in [1.165, 1.54) is 6.42 Å². The van der Waals surface area contributed by atoms with Gasteiger partial charge in [-0.05, 0) is 66.0 Å². The summed E-state index contributed by atoms with van der Waals surface area (Å²) in [6, 6.07) is 7.72. The molecule has 108 valence electrons. The quantitative estimate of drug-likeness (QED) is 0.885. The van der Waals surface area contributed by atoms with Crippen LogP contribution < -0.4 is 10.6 Å². The summed E-state index contributed by atoms with van der Waals surface area (Å²) < 4.78 is 0.923. The summed E-state index contributed by atoms with van der Waals surface area (Å²) in [7, 11) is 0. The standard InChI is InChI=1S/C15H20BrN3O/c16-13-3-1-2-4-14(13)18-15(20)10-19-6-5-11-7-17-8-12(11)9-19/h1-4,11-12,17H,5-10H2,(H,18,20). The lowest BCUT2D eigenvalue weighted by molar-refractivity contribution is -0.117. The first-order valence-electron chi connectivity index (χ1n) is 7.20. The van der Waals surface area contributed by atoms with Gasteiger partial charge >= 0.3 is 0 Å². The number of nitrogens with one attached hydrogen (secondary N) is 2. The molecular weight excluding hydrogens is 318 g/mol. The van der Waals surface area contributed by atoms with Crippen LogP contribution >= 0.6 is 15.9 Å². The number of halogens is 1. The van der Waals surface area contributed by atoms with E-state index in [1.807, 2.05) is 24.3 Å². The number of amides is 1. The van der Waals surface area contributed by atoms with E-state index in [0.29, 0.717) is 6.54 Å². The molecule has 2 fully saturated rings. The van der Waals surface area contributed by atoms with Crippen LogP contribution in [0.4, 0.5) is 5.69 Å². The third-order valence-electron chi connectivity index (χ3n) is 4.30. The minimum Gasteiger partial charge on any atom is -0.324 e. The topological polar surface area (TPSA) is 44.4 Å². The fraction of sp³-hybridized carbons (Fsp3) is 0.533. The number of nitrogens with zero attached hydrogens (tertiary/aromatic N) is 1. The Hall–Kier alpha value is -0.910. The first-order valence-corrected chi connectivity index (χ1v) is 7.99. The van der Waals surface area contributed by atoms with Crippen LogP contribution in [0.15, 0.2) is 28.7 Å². The van der Waals surface area contributed by atoms with Gasteiger partial charge in [0.15, 0.2) is 0 Å². The maximum atomic E-state index is 12.1. The number of anilines is 1. The molecule has 2 heterocycles. The Kier molecular flexibility index (Phi) is 4.38. The molecule has 2 saturated heterocycles. The monoisotopic (exact) mass is 337 g/mol. The zero-order valence-corrected chi connectivity index (χ0v) is 13.0. The first-order chi connectivity index (χ1) is 9.72. The van der Waals surface area contributed by atoms with Crippen LogP contribution in [-0.4, -0.2) is 43.5 Å². The van der Waals surface area contributed by atoms with Crippen molar-refractivity contribution in [3.8, 4) is 0 Å². The predicted molar refractivity (Wildman–Crippen MR) is 83.7 cm³/mol. The molecule has 3 rings (SSSR count). The second-order valence-electron chi connectivity index (χ2n) is 5.73. The van der Waals surface area contributed by atoms with Crippen LogP contribution in [0.2, 0.25) is 0 Å². The minimum absolute atomic E-state index is 0.0707. The van der Waals surface area contributed by atoms with Crippen LogP contribution in [0.25, 0.3) is 0 Å². The van der Waals surface area contributed by atoms with Crippen molar-refractivity contribution in [3.63, 3.8) is 0 Å². The van der Waals surface area contributed by atoms with Gasteiger partial charge in [-0.25, -0.2) is 0 Å². The molecule has 0 radical (unpaired) electrons. The number of fused-ring (bicyclic) bond motifs is 1. The van der Waals surface area contributed by atoms with Gasteiger partial charge in [0.1, 0.15) is 0 Å². The summed E-state index contributed by atoms with van der Waals surface area (Å²) in [5, 5.41) is 6.43. The number of para-hydroxylation sites is 1. The maximum absolute atomic E-state index is 12.1. The van der Waals surface area contributed by atoms with Crippen LogP contribution in [-0.2, 0) is 4.79 Å². The highest BCUT2D eigenvalue weighted by Crippen LogP contribution is 2.26. The van der Waals surface area contributed by atoms with Crippen molar-refractivity contribution in [2.24, 2.45) is 11.8 Å². The molecule has 5 heteroatoms. The van der Waals surface area contributed by atoms with E-state index < -0.39 is 0 Å². The highest BCUT2D eigenvalue weighted by molar-refractivity contribution is 9.10. The summed E-state index contributed by atoms with van der Waals surface area (Å²) in [6.07, 6.45) is 1.21. The maximum Gasteiger partial charge on any atom is 0.238 e. The molecule has 4 nitrogen and oxygen atoms in total. The summed E-state index contributed by atoms with van der Waals surface area (Å²) in [6.45, 7) is 4.83. The summed E-state index contributed by atoms with van der Waals surface area (Å²) in [5.74, 6) is 1.61. The lowest BCUT2D eigenvalue weighted by Gasteiger charge is -2.33. The molecule has 0 aromatic heterocycles. The van der Waals surface area contributed by atoms with Crippen LogP contribution in [0, 0.1) is 11.8 Å². The van der Waals surface area contributed by atoms with Gasteiger partial charge in [0.2, 0.25) is 5.91 Å². The molecule has 1 amide bonds. The molecule has 20 heavy (non-hydrogen) atoms. The molecule has 2 atom stereocenters. The molecule has 0 aliphatic carbocycles. The number of likely N-dealkylation sites (tertiary alicyclic amines) is 1. The normalized spacial score (nSPS) is 26.2. The number of hydrogen-bond acceptors (Lipinski definition) is 3. The molecule has 0 bridgehead atoms. The average Bonchev–Trinajstić information content (AvgIpc) is 2.89. The third-order valence-corrected chi connectivity index (χ3v) is 5.00. The summed E-state index contributed by atoms with van der Waals surface area (Å²) in [4.78, 5) is 14.4. The van der Waals surface area contributed by atoms with E-state index in [4.69, 9.17) is 0 Å². The van der Waals surface area contributed by atoms with Gasteiger partial charge in [0.25, 0.3) is 0 Å². The molecule has 2 aliphatic heterocycles. The lowest BCUT2D eigenvalue weighted by Crippen LogP contribution is -2.43. The van der Waals surface area contributed by atoms with E-state index >= 15 is 0 Å². The van der Waals surface area contributed by atoms with Crippen LogP contribution in [0.3, 0.4) is 0 Å². The van der Waals surface area contributed by atoms with Crippen molar-refractivity contribution in [2.45, 2.75) is 6.42 Å². The highest BCUT2D eigenvalue weighted by atomic mass is 79.9.